The lowest BCUT2D eigenvalue weighted by atomic mass is 9.85. The zero-order valence-corrected chi connectivity index (χ0v) is 10.1. The molecule has 0 aliphatic heterocycles. The maximum Gasteiger partial charge on any atom is 0.142 e. The molecule has 0 spiro atoms. The average molecular weight is 224 g/mol. The largest absolute Gasteiger partial charge is 0.495 e. The molecule has 0 N–H and O–H groups in total. The standard InChI is InChI=1S/C12H14ClNO/c1-8-5-6-9(12(2,3)7-14)11(15-4)10(8)13/h5-6H,1-4H3. The zero-order valence-electron chi connectivity index (χ0n) is 9.39. The maximum absolute atomic E-state index is 9.08. The number of ether oxygens (including phenoxy) is 1. The molecule has 0 amide bonds. The van der Waals surface area contributed by atoms with E-state index in [1.165, 1.54) is 0 Å². The summed E-state index contributed by atoms with van der Waals surface area (Å²) in [6, 6.07) is 6.03. The Morgan fingerprint density at radius 2 is 2.00 bits per heavy atom. The van der Waals surface area contributed by atoms with Gasteiger partial charge in [-0.15, -0.1) is 0 Å². The second-order valence-corrected chi connectivity index (χ2v) is 4.39. The van der Waals surface area contributed by atoms with E-state index in [4.69, 9.17) is 21.6 Å². The minimum atomic E-state index is -0.595. The highest BCUT2D eigenvalue weighted by Crippen LogP contribution is 2.38. The third-order valence-corrected chi connectivity index (χ3v) is 2.92. The summed E-state index contributed by atoms with van der Waals surface area (Å²) in [6.07, 6.45) is 0. The molecule has 0 aliphatic rings. The van der Waals surface area contributed by atoms with Crippen LogP contribution >= 0.6 is 11.6 Å². The summed E-state index contributed by atoms with van der Waals surface area (Å²) in [5.74, 6) is 0.600. The van der Waals surface area contributed by atoms with E-state index in [1.807, 2.05) is 32.9 Å². The normalized spacial score (nSPS) is 10.9. The van der Waals surface area contributed by atoms with Gasteiger partial charge in [-0.2, -0.15) is 5.26 Å². The number of hydrogen-bond donors (Lipinski definition) is 0. The van der Waals surface area contributed by atoms with Crippen LogP contribution in [-0.2, 0) is 5.41 Å². The van der Waals surface area contributed by atoms with Crippen molar-refractivity contribution >= 4 is 11.6 Å². The van der Waals surface area contributed by atoms with Crippen molar-refractivity contribution in [3.05, 3.63) is 28.3 Å². The molecule has 0 heterocycles. The van der Waals surface area contributed by atoms with Gasteiger partial charge in [-0.1, -0.05) is 23.7 Å². The summed E-state index contributed by atoms with van der Waals surface area (Å²) in [5, 5.41) is 9.66. The molecule has 0 atom stereocenters. The molecule has 0 aliphatic carbocycles. The molecule has 1 aromatic carbocycles. The van der Waals surface area contributed by atoms with Crippen molar-refractivity contribution < 1.29 is 4.74 Å². The van der Waals surface area contributed by atoms with Crippen LogP contribution in [0.3, 0.4) is 0 Å². The fourth-order valence-electron chi connectivity index (χ4n) is 1.41. The SMILES string of the molecule is COc1c(C(C)(C)C#N)ccc(C)c1Cl. The van der Waals surface area contributed by atoms with Gasteiger partial charge in [0.05, 0.1) is 23.6 Å². The second kappa shape index (κ2) is 4.12. The van der Waals surface area contributed by atoms with Crippen LogP contribution in [0.15, 0.2) is 12.1 Å². The predicted octanol–water partition coefficient (Wildman–Crippen LogP) is 3.46. The minimum Gasteiger partial charge on any atom is -0.495 e. The van der Waals surface area contributed by atoms with Crippen molar-refractivity contribution in [1.29, 1.82) is 5.26 Å². The number of nitriles is 1. The van der Waals surface area contributed by atoms with E-state index < -0.39 is 5.41 Å². The van der Waals surface area contributed by atoms with Gasteiger partial charge >= 0.3 is 0 Å². The molecular weight excluding hydrogens is 210 g/mol. The van der Waals surface area contributed by atoms with Crippen LogP contribution in [0.25, 0.3) is 0 Å². The van der Waals surface area contributed by atoms with Crippen molar-refractivity contribution in [3.8, 4) is 11.8 Å². The third kappa shape index (κ3) is 2.08. The highest BCUT2D eigenvalue weighted by atomic mass is 35.5. The van der Waals surface area contributed by atoms with Crippen LogP contribution in [0.1, 0.15) is 25.0 Å². The Bertz CT molecular complexity index is 418. The summed E-state index contributed by atoms with van der Waals surface area (Å²) in [5.41, 5.74) is 1.18. The lowest BCUT2D eigenvalue weighted by Gasteiger charge is -2.20. The molecule has 2 nitrogen and oxygen atoms in total. The lowest BCUT2D eigenvalue weighted by molar-refractivity contribution is 0.403. The number of benzene rings is 1. The average Bonchev–Trinajstić information content (AvgIpc) is 2.21. The first-order valence-corrected chi connectivity index (χ1v) is 5.06. The van der Waals surface area contributed by atoms with Crippen LogP contribution in [0, 0.1) is 18.3 Å². The molecule has 0 fully saturated rings. The van der Waals surface area contributed by atoms with Gasteiger partial charge in [-0.3, -0.25) is 0 Å². The molecular formula is C12H14ClNO. The molecule has 0 bridgehead atoms. The second-order valence-electron chi connectivity index (χ2n) is 4.01. The highest BCUT2D eigenvalue weighted by molar-refractivity contribution is 6.33. The molecule has 0 unspecified atom stereocenters. The van der Waals surface area contributed by atoms with Gasteiger partial charge in [0.1, 0.15) is 5.75 Å². The van der Waals surface area contributed by atoms with Crippen LogP contribution in [-0.4, -0.2) is 7.11 Å². The third-order valence-electron chi connectivity index (χ3n) is 2.45. The van der Waals surface area contributed by atoms with Crippen molar-refractivity contribution in [2.75, 3.05) is 7.11 Å². The first-order valence-electron chi connectivity index (χ1n) is 4.69. The van der Waals surface area contributed by atoms with Crippen molar-refractivity contribution in [2.24, 2.45) is 0 Å². The van der Waals surface area contributed by atoms with Crippen molar-refractivity contribution in [2.45, 2.75) is 26.2 Å². The highest BCUT2D eigenvalue weighted by Gasteiger charge is 2.25. The van der Waals surface area contributed by atoms with Gasteiger partial charge in [0.25, 0.3) is 0 Å². The summed E-state index contributed by atoms with van der Waals surface area (Å²) in [4.78, 5) is 0. The molecule has 15 heavy (non-hydrogen) atoms. The lowest BCUT2D eigenvalue weighted by Crippen LogP contribution is -2.15. The zero-order chi connectivity index (χ0) is 11.6. The first-order chi connectivity index (χ1) is 6.94. The summed E-state index contributed by atoms with van der Waals surface area (Å²) in [7, 11) is 1.57. The van der Waals surface area contributed by atoms with Gasteiger partial charge in [-0.05, 0) is 26.3 Å². The maximum atomic E-state index is 9.08. The molecule has 1 aromatic rings. The Hall–Kier alpha value is -1.20. The Morgan fingerprint density at radius 3 is 2.47 bits per heavy atom. The molecule has 80 valence electrons. The number of rotatable bonds is 2. The van der Waals surface area contributed by atoms with E-state index in [9.17, 15) is 0 Å². The molecule has 0 saturated heterocycles. The van der Waals surface area contributed by atoms with Crippen LogP contribution in [0.5, 0.6) is 5.75 Å². The van der Waals surface area contributed by atoms with Gasteiger partial charge in [0, 0.05) is 5.56 Å². The molecule has 3 heteroatoms. The number of hydrogen-bond acceptors (Lipinski definition) is 2. The van der Waals surface area contributed by atoms with Gasteiger partial charge in [0.15, 0.2) is 0 Å². The minimum absolute atomic E-state index is 0.582. The topological polar surface area (TPSA) is 33.0 Å². The molecule has 0 radical (unpaired) electrons. The molecule has 0 saturated carbocycles. The monoisotopic (exact) mass is 223 g/mol. The number of aryl methyl sites for hydroxylation is 1. The Balaban J connectivity index is 3.45. The van der Waals surface area contributed by atoms with E-state index in [0.29, 0.717) is 10.8 Å². The predicted molar refractivity (Wildman–Crippen MR) is 61.4 cm³/mol. The van der Waals surface area contributed by atoms with E-state index >= 15 is 0 Å². The summed E-state index contributed by atoms with van der Waals surface area (Å²) >= 11 is 6.13. The molecule has 0 aromatic heterocycles. The number of halogens is 1. The summed E-state index contributed by atoms with van der Waals surface area (Å²) < 4.78 is 5.26. The number of methoxy groups -OCH3 is 1. The quantitative estimate of drug-likeness (QED) is 0.769. The Labute approximate surface area is 95.4 Å². The van der Waals surface area contributed by atoms with Crippen LogP contribution in [0.4, 0.5) is 0 Å². The summed E-state index contributed by atoms with van der Waals surface area (Å²) in [6.45, 7) is 5.60. The Morgan fingerprint density at radius 1 is 1.40 bits per heavy atom. The fourth-order valence-corrected chi connectivity index (χ4v) is 1.65. The fraction of sp³-hybridized carbons (Fsp3) is 0.417. The van der Waals surface area contributed by atoms with Crippen molar-refractivity contribution in [3.63, 3.8) is 0 Å². The number of nitrogens with zero attached hydrogens (tertiary/aromatic N) is 1. The Kier molecular flexibility index (Phi) is 3.26. The molecule has 1 rings (SSSR count). The van der Waals surface area contributed by atoms with Gasteiger partial charge < -0.3 is 4.74 Å². The van der Waals surface area contributed by atoms with Crippen LogP contribution in [0.2, 0.25) is 5.02 Å². The van der Waals surface area contributed by atoms with Gasteiger partial charge in [-0.25, -0.2) is 0 Å². The van der Waals surface area contributed by atoms with Crippen molar-refractivity contribution in [1.82, 2.24) is 0 Å². The van der Waals surface area contributed by atoms with E-state index in [1.54, 1.807) is 7.11 Å². The van der Waals surface area contributed by atoms with Crippen LogP contribution < -0.4 is 4.74 Å². The smallest absolute Gasteiger partial charge is 0.142 e. The van der Waals surface area contributed by atoms with E-state index in [0.717, 1.165) is 11.1 Å². The van der Waals surface area contributed by atoms with Gasteiger partial charge in [0.2, 0.25) is 0 Å². The van der Waals surface area contributed by atoms with E-state index in [-0.39, 0.29) is 0 Å². The van der Waals surface area contributed by atoms with E-state index in [2.05, 4.69) is 6.07 Å². The first kappa shape index (κ1) is 11.9.